The molecule has 0 saturated carbocycles. The van der Waals surface area contributed by atoms with E-state index in [-0.39, 0.29) is 51.9 Å². The lowest BCUT2D eigenvalue weighted by Crippen LogP contribution is -2.15. The first-order valence-corrected chi connectivity index (χ1v) is 9.20. The molecule has 0 fully saturated rings. The maximum Gasteiger partial charge on any atom is 0.341 e. The van der Waals surface area contributed by atoms with Crippen LogP contribution in [0.5, 0.6) is 17.2 Å². The third-order valence-electron chi connectivity index (χ3n) is 4.56. The van der Waals surface area contributed by atoms with E-state index in [1.807, 2.05) is 0 Å². The number of fused-ring (bicyclic) bond motifs is 2. The molecular formula is C21H21NO8. The third kappa shape index (κ3) is 3.28. The van der Waals surface area contributed by atoms with Gasteiger partial charge in [-0.1, -0.05) is 0 Å². The first-order valence-electron chi connectivity index (χ1n) is 9.20. The number of phenols is 1. The number of hydrogen-bond donors (Lipinski definition) is 2. The SMILES string of the molecule is CCOC(=O)c1cc(C(=O)OCC)c2[nH]c3c(OC)ccc(OC)c3c(=O)c2c1O. The summed E-state index contributed by atoms with van der Waals surface area (Å²) in [4.78, 5) is 41.3. The van der Waals surface area contributed by atoms with E-state index >= 15 is 0 Å². The summed E-state index contributed by atoms with van der Waals surface area (Å²) in [5.74, 6) is -1.70. The molecule has 3 rings (SSSR count). The molecule has 9 heteroatoms. The van der Waals surface area contributed by atoms with Crippen LogP contribution >= 0.6 is 0 Å². The molecule has 0 aliphatic carbocycles. The molecule has 158 valence electrons. The molecule has 0 spiro atoms. The van der Waals surface area contributed by atoms with Crippen LogP contribution in [0.4, 0.5) is 0 Å². The van der Waals surface area contributed by atoms with Crippen LogP contribution in [0.3, 0.4) is 0 Å². The molecule has 0 saturated heterocycles. The van der Waals surface area contributed by atoms with Crippen molar-refractivity contribution >= 4 is 33.7 Å². The molecule has 0 unspecified atom stereocenters. The number of ether oxygens (including phenoxy) is 4. The van der Waals surface area contributed by atoms with E-state index < -0.39 is 23.1 Å². The second-order valence-corrected chi connectivity index (χ2v) is 6.19. The fourth-order valence-electron chi connectivity index (χ4n) is 3.26. The van der Waals surface area contributed by atoms with Gasteiger partial charge in [-0.25, -0.2) is 9.59 Å². The molecule has 1 heterocycles. The Balaban J connectivity index is 2.56. The molecule has 2 N–H and O–H groups in total. The van der Waals surface area contributed by atoms with Crippen molar-refractivity contribution in [3.63, 3.8) is 0 Å². The minimum Gasteiger partial charge on any atom is -0.506 e. The summed E-state index contributed by atoms with van der Waals surface area (Å²) >= 11 is 0. The molecule has 0 aliphatic heterocycles. The molecule has 0 atom stereocenters. The highest BCUT2D eigenvalue weighted by atomic mass is 16.5. The van der Waals surface area contributed by atoms with Crippen LogP contribution in [0.15, 0.2) is 23.0 Å². The first kappa shape index (κ1) is 21.0. The number of aromatic hydroxyl groups is 1. The summed E-state index contributed by atoms with van der Waals surface area (Å²) in [5, 5.41) is 10.6. The Morgan fingerprint density at radius 3 is 2.03 bits per heavy atom. The number of aromatic amines is 1. The van der Waals surface area contributed by atoms with Crippen molar-refractivity contribution in [3.8, 4) is 17.2 Å². The Labute approximate surface area is 171 Å². The molecule has 30 heavy (non-hydrogen) atoms. The van der Waals surface area contributed by atoms with Crippen LogP contribution in [-0.4, -0.2) is 49.5 Å². The molecule has 0 radical (unpaired) electrons. The minimum absolute atomic E-state index is 0.00283. The van der Waals surface area contributed by atoms with Gasteiger partial charge in [-0.3, -0.25) is 4.79 Å². The average Bonchev–Trinajstić information content (AvgIpc) is 2.73. The quantitative estimate of drug-likeness (QED) is 0.465. The molecule has 2 aromatic carbocycles. The number of phenolic OH excluding ortho intramolecular Hbond substituents is 1. The summed E-state index contributed by atoms with van der Waals surface area (Å²) < 4.78 is 20.6. The molecule has 0 bridgehead atoms. The lowest BCUT2D eigenvalue weighted by Gasteiger charge is -2.15. The Kier molecular flexibility index (Phi) is 5.81. The van der Waals surface area contributed by atoms with Crippen LogP contribution in [0, 0.1) is 0 Å². The van der Waals surface area contributed by atoms with E-state index in [1.165, 1.54) is 14.2 Å². The smallest absolute Gasteiger partial charge is 0.341 e. The van der Waals surface area contributed by atoms with Crippen molar-refractivity contribution in [2.45, 2.75) is 13.8 Å². The molecule has 0 aliphatic rings. The van der Waals surface area contributed by atoms with Crippen LogP contribution < -0.4 is 14.9 Å². The van der Waals surface area contributed by atoms with Crippen molar-refractivity contribution in [1.82, 2.24) is 4.98 Å². The highest BCUT2D eigenvalue weighted by Crippen LogP contribution is 2.36. The van der Waals surface area contributed by atoms with Crippen molar-refractivity contribution in [2.24, 2.45) is 0 Å². The van der Waals surface area contributed by atoms with Gasteiger partial charge in [-0.2, -0.15) is 0 Å². The summed E-state index contributed by atoms with van der Waals surface area (Å²) in [6.45, 7) is 3.34. The zero-order valence-corrected chi connectivity index (χ0v) is 17.0. The third-order valence-corrected chi connectivity index (χ3v) is 4.56. The largest absolute Gasteiger partial charge is 0.506 e. The van der Waals surface area contributed by atoms with Gasteiger partial charge >= 0.3 is 11.9 Å². The summed E-state index contributed by atoms with van der Waals surface area (Å²) in [6, 6.07) is 4.28. The Morgan fingerprint density at radius 1 is 0.900 bits per heavy atom. The fraction of sp³-hybridized carbons (Fsp3) is 0.286. The highest BCUT2D eigenvalue weighted by molar-refractivity contribution is 6.12. The van der Waals surface area contributed by atoms with Gasteiger partial charge in [0, 0.05) is 0 Å². The number of esters is 2. The molecule has 0 amide bonds. The minimum atomic E-state index is -0.875. The van der Waals surface area contributed by atoms with Crippen LogP contribution in [-0.2, 0) is 9.47 Å². The standard InChI is InChI=1S/C21H21NO8/c1-5-29-20(25)10-9-11(21(26)30-6-2)18(23)15-16(10)22-17-13(28-4)8-7-12(27-3)14(17)19(15)24/h7-9,23H,5-6H2,1-4H3,(H,22,24). The molecule has 9 nitrogen and oxygen atoms in total. The van der Waals surface area contributed by atoms with Gasteiger partial charge < -0.3 is 29.0 Å². The maximum atomic E-state index is 13.4. The number of hydrogen-bond acceptors (Lipinski definition) is 8. The van der Waals surface area contributed by atoms with Crippen molar-refractivity contribution < 1.29 is 33.6 Å². The number of benzene rings is 2. The number of pyridine rings is 1. The monoisotopic (exact) mass is 415 g/mol. The Hall–Kier alpha value is -3.75. The van der Waals surface area contributed by atoms with Gasteiger partial charge in [0.1, 0.15) is 22.8 Å². The second-order valence-electron chi connectivity index (χ2n) is 6.19. The molecule has 1 aromatic heterocycles. The zero-order valence-electron chi connectivity index (χ0n) is 17.0. The lowest BCUT2D eigenvalue weighted by molar-refractivity contribution is 0.0523. The first-order chi connectivity index (χ1) is 14.4. The van der Waals surface area contributed by atoms with Gasteiger partial charge in [-0.15, -0.1) is 0 Å². The number of carbonyl (C=O) groups excluding carboxylic acids is 2. The average molecular weight is 415 g/mol. The predicted molar refractivity (Wildman–Crippen MR) is 109 cm³/mol. The van der Waals surface area contributed by atoms with Crippen LogP contribution in [0.25, 0.3) is 21.8 Å². The van der Waals surface area contributed by atoms with E-state index in [1.54, 1.807) is 26.0 Å². The van der Waals surface area contributed by atoms with E-state index in [4.69, 9.17) is 18.9 Å². The second kappa shape index (κ2) is 8.32. The summed E-state index contributed by atoms with van der Waals surface area (Å²) in [6.07, 6.45) is 0. The van der Waals surface area contributed by atoms with Gasteiger partial charge in [-0.05, 0) is 32.0 Å². The van der Waals surface area contributed by atoms with E-state index in [0.717, 1.165) is 6.07 Å². The number of rotatable bonds is 6. The Bertz CT molecular complexity index is 1210. The zero-order chi connectivity index (χ0) is 22.0. The maximum absolute atomic E-state index is 13.4. The van der Waals surface area contributed by atoms with E-state index in [0.29, 0.717) is 5.75 Å². The number of H-pyrrole nitrogens is 1. The number of nitrogens with one attached hydrogen (secondary N) is 1. The Morgan fingerprint density at radius 2 is 1.47 bits per heavy atom. The topological polar surface area (TPSA) is 124 Å². The van der Waals surface area contributed by atoms with Crippen molar-refractivity contribution in [1.29, 1.82) is 0 Å². The van der Waals surface area contributed by atoms with Crippen molar-refractivity contribution in [2.75, 3.05) is 27.4 Å². The molecule has 3 aromatic rings. The van der Waals surface area contributed by atoms with E-state index in [2.05, 4.69) is 4.98 Å². The van der Waals surface area contributed by atoms with Gasteiger partial charge in [0.05, 0.1) is 54.8 Å². The number of methoxy groups -OCH3 is 2. The van der Waals surface area contributed by atoms with Crippen LogP contribution in [0.1, 0.15) is 34.6 Å². The normalized spacial score (nSPS) is 10.8. The van der Waals surface area contributed by atoms with Gasteiger partial charge in [0.25, 0.3) is 0 Å². The van der Waals surface area contributed by atoms with Crippen LogP contribution in [0.2, 0.25) is 0 Å². The van der Waals surface area contributed by atoms with E-state index in [9.17, 15) is 19.5 Å². The predicted octanol–water partition coefficient (Wildman–Crippen LogP) is 2.76. The number of carbonyl (C=O) groups is 2. The summed E-state index contributed by atoms with van der Waals surface area (Å²) in [7, 11) is 2.82. The fourth-order valence-corrected chi connectivity index (χ4v) is 3.26. The summed E-state index contributed by atoms with van der Waals surface area (Å²) in [5.41, 5.74) is -0.800. The van der Waals surface area contributed by atoms with Gasteiger partial charge in [0.2, 0.25) is 5.43 Å². The lowest BCUT2D eigenvalue weighted by atomic mass is 10.0. The van der Waals surface area contributed by atoms with Gasteiger partial charge in [0.15, 0.2) is 0 Å². The highest BCUT2D eigenvalue weighted by Gasteiger charge is 2.26. The number of aromatic nitrogens is 1. The molecular weight excluding hydrogens is 394 g/mol. The van der Waals surface area contributed by atoms with Crippen molar-refractivity contribution in [3.05, 3.63) is 39.5 Å².